The molecule has 1 rings (SSSR count). The van der Waals surface area contributed by atoms with E-state index in [1.165, 1.54) is 6.92 Å². The molecule has 0 saturated heterocycles. The third-order valence-electron chi connectivity index (χ3n) is 2.20. The summed E-state index contributed by atoms with van der Waals surface area (Å²) in [5.74, 6) is 0.879. The highest BCUT2D eigenvalue weighted by molar-refractivity contribution is 5.30. The van der Waals surface area contributed by atoms with Crippen molar-refractivity contribution in [1.82, 2.24) is 0 Å². The molecule has 0 spiro atoms. The Morgan fingerprint density at radius 2 is 1.80 bits per heavy atom. The van der Waals surface area contributed by atoms with Crippen molar-refractivity contribution >= 4 is 0 Å². The number of hydrogen-bond donors (Lipinski definition) is 0. The van der Waals surface area contributed by atoms with Crippen molar-refractivity contribution in [3.63, 3.8) is 0 Å². The number of benzene rings is 1. The molecule has 1 atom stereocenters. The van der Waals surface area contributed by atoms with Gasteiger partial charge in [0.05, 0.1) is 0 Å². The average Bonchev–Trinajstić information content (AvgIpc) is 2.18. The Hall–Kier alpha value is -1.12. The van der Waals surface area contributed by atoms with Crippen LogP contribution in [0.25, 0.3) is 0 Å². The minimum atomic E-state index is -2.45. The monoisotopic (exact) mass is 214 g/mol. The molecule has 15 heavy (non-hydrogen) atoms. The summed E-state index contributed by atoms with van der Waals surface area (Å²) < 4.78 is 29.6. The first kappa shape index (κ1) is 12.0. The van der Waals surface area contributed by atoms with Gasteiger partial charge in [0.25, 0.3) is 6.43 Å². The summed E-state index contributed by atoms with van der Waals surface area (Å²) in [5, 5.41) is 0. The Kier molecular flexibility index (Phi) is 4.06. The van der Waals surface area contributed by atoms with E-state index in [4.69, 9.17) is 4.74 Å². The second-order valence-corrected chi connectivity index (χ2v) is 3.88. The molecular weight excluding hydrogens is 198 g/mol. The highest BCUT2D eigenvalue weighted by atomic mass is 19.3. The molecule has 0 fully saturated rings. The lowest BCUT2D eigenvalue weighted by Crippen LogP contribution is -2.21. The van der Waals surface area contributed by atoms with Crippen molar-refractivity contribution in [3.8, 4) is 5.75 Å². The largest absolute Gasteiger partial charge is 0.485 e. The molecule has 0 aromatic heterocycles. The fraction of sp³-hybridized carbons (Fsp3) is 0.500. The summed E-state index contributed by atoms with van der Waals surface area (Å²) in [6, 6.07) is 7.29. The predicted octanol–water partition coefficient (Wildman–Crippen LogP) is 3.84. The van der Waals surface area contributed by atoms with Gasteiger partial charge in [0.15, 0.2) is 6.10 Å². The van der Waals surface area contributed by atoms with E-state index < -0.39 is 12.5 Å². The Bertz CT molecular complexity index is 310. The van der Waals surface area contributed by atoms with Gasteiger partial charge in [-0.05, 0) is 30.5 Å². The Balaban J connectivity index is 2.73. The first-order valence-corrected chi connectivity index (χ1v) is 5.05. The first-order chi connectivity index (χ1) is 7.00. The topological polar surface area (TPSA) is 9.23 Å². The van der Waals surface area contributed by atoms with Gasteiger partial charge in [0, 0.05) is 0 Å². The van der Waals surface area contributed by atoms with E-state index in [2.05, 4.69) is 13.8 Å². The van der Waals surface area contributed by atoms with Crippen LogP contribution in [0.4, 0.5) is 8.78 Å². The van der Waals surface area contributed by atoms with Crippen LogP contribution in [0.3, 0.4) is 0 Å². The maximum Gasteiger partial charge on any atom is 0.274 e. The predicted molar refractivity (Wildman–Crippen MR) is 56.6 cm³/mol. The highest BCUT2D eigenvalue weighted by Crippen LogP contribution is 2.21. The molecule has 1 unspecified atom stereocenters. The van der Waals surface area contributed by atoms with E-state index in [1.54, 1.807) is 6.07 Å². The fourth-order valence-electron chi connectivity index (χ4n) is 1.21. The van der Waals surface area contributed by atoms with Crippen LogP contribution in [0.5, 0.6) is 5.75 Å². The summed E-state index contributed by atoms with van der Waals surface area (Å²) in [6.45, 7) is 5.47. The van der Waals surface area contributed by atoms with E-state index in [0.29, 0.717) is 11.7 Å². The van der Waals surface area contributed by atoms with Gasteiger partial charge in [-0.2, -0.15) is 0 Å². The molecule has 3 heteroatoms. The summed E-state index contributed by atoms with van der Waals surface area (Å²) in [4.78, 5) is 0. The van der Waals surface area contributed by atoms with Gasteiger partial charge in [-0.15, -0.1) is 0 Å². The van der Waals surface area contributed by atoms with Crippen molar-refractivity contribution in [2.24, 2.45) is 0 Å². The van der Waals surface area contributed by atoms with Gasteiger partial charge in [-0.1, -0.05) is 26.0 Å². The Morgan fingerprint density at radius 3 is 2.33 bits per heavy atom. The number of alkyl halides is 2. The highest BCUT2D eigenvalue weighted by Gasteiger charge is 2.16. The molecule has 0 aliphatic carbocycles. The lowest BCUT2D eigenvalue weighted by molar-refractivity contribution is 0.0225. The van der Waals surface area contributed by atoms with Crippen LogP contribution in [-0.4, -0.2) is 12.5 Å². The second kappa shape index (κ2) is 5.10. The first-order valence-electron chi connectivity index (χ1n) is 5.05. The van der Waals surface area contributed by atoms with Crippen molar-refractivity contribution in [2.75, 3.05) is 0 Å². The van der Waals surface area contributed by atoms with Crippen molar-refractivity contribution in [1.29, 1.82) is 0 Å². The zero-order chi connectivity index (χ0) is 11.4. The lowest BCUT2D eigenvalue weighted by atomic mass is 10.0. The van der Waals surface area contributed by atoms with Crippen molar-refractivity contribution in [2.45, 2.75) is 39.2 Å². The summed E-state index contributed by atoms with van der Waals surface area (Å²) in [6.07, 6.45) is -3.51. The van der Waals surface area contributed by atoms with E-state index >= 15 is 0 Å². The third kappa shape index (κ3) is 3.50. The van der Waals surface area contributed by atoms with E-state index in [9.17, 15) is 8.78 Å². The maximum atomic E-state index is 12.2. The van der Waals surface area contributed by atoms with Crippen LogP contribution in [0.2, 0.25) is 0 Å². The minimum Gasteiger partial charge on any atom is -0.485 e. The normalized spacial score (nSPS) is 13.3. The number of rotatable bonds is 4. The third-order valence-corrected chi connectivity index (χ3v) is 2.20. The molecule has 0 saturated carbocycles. The number of halogens is 2. The SMILES string of the molecule is CC(C)c1cccc(OC(C)C(F)F)c1. The number of hydrogen-bond acceptors (Lipinski definition) is 1. The van der Waals surface area contributed by atoms with E-state index in [0.717, 1.165) is 5.56 Å². The molecule has 0 bridgehead atoms. The summed E-state index contributed by atoms with van der Waals surface area (Å²) >= 11 is 0. The van der Waals surface area contributed by atoms with Gasteiger partial charge in [0.1, 0.15) is 5.75 Å². The van der Waals surface area contributed by atoms with Crippen LogP contribution in [0.1, 0.15) is 32.3 Å². The average molecular weight is 214 g/mol. The minimum absolute atomic E-state index is 0.371. The standard InChI is InChI=1S/C12H16F2O/c1-8(2)10-5-4-6-11(7-10)15-9(3)12(13)14/h4-9,12H,1-3H3. The lowest BCUT2D eigenvalue weighted by Gasteiger charge is -2.15. The number of ether oxygens (including phenoxy) is 1. The van der Waals surface area contributed by atoms with Gasteiger partial charge in [-0.25, -0.2) is 8.78 Å². The summed E-state index contributed by atoms with van der Waals surface area (Å²) in [5.41, 5.74) is 1.09. The molecule has 0 heterocycles. The van der Waals surface area contributed by atoms with Gasteiger partial charge < -0.3 is 4.74 Å². The van der Waals surface area contributed by atoms with Gasteiger partial charge in [0.2, 0.25) is 0 Å². The van der Waals surface area contributed by atoms with Crippen molar-refractivity contribution < 1.29 is 13.5 Å². The molecule has 1 nitrogen and oxygen atoms in total. The molecule has 0 aliphatic rings. The second-order valence-electron chi connectivity index (χ2n) is 3.88. The van der Waals surface area contributed by atoms with E-state index in [1.807, 2.05) is 18.2 Å². The molecule has 0 radical (unpaired) electrons. The zero-order valence-electron chi connectivity index (χ0n) is 9.21. The fourth-order valence-corrected chi connectivity index (χ4v) is 1.21. The molecule has 0 amide bonds. The summed E-state index contributed by atoms with van der Waals surface area (Å²) in [7, 11) is 0. The van der Waals surface area contributed by atoms with Crippen LogP contribution in [-0.2, 0) is 0 Å². The molecular formula is C12H16F2O. The smallest absolute Gasteiger partial charge is 0.274 e. The van der Waals surface area contributed by atoms with Crippen LogP contribution < -0.4 is 4.74 Å². The van der Waals surface area contributed by atoms with Crippen LogP contribution in [0, 0.1) is 0 Å². The Morgan fingerprint density at radius 1 is 1.13 bits per heavy atom. The molecule has 0 aliphatic heterocycles. The molecule has 1 aromatic rings. The zero-order valence-corrected chi connectivity index (χ0v) is 9.21. The molecule has 1 aromatic carbocycles. The van der Waals surface area contributed by atoms with Crippen LogP contribution in [0.15, 0.2) is 24.3 Å². The maximum absolute atomic E-state index is 12.2. The molecule has 0 N–H and O–H groups in total. The van der Waals surface area contributed by atoms with Crippen molar-refractivity contribution in [3.05, 3.63) is 29.8 Å². The quantitative estimate of drug-likeness (QED) is 0.739. The van der Waals surface area contributed by atoms with Gasteiger partial charge in [-0.3, -0.25) is 0 Å². The molecule has 84 valence electrons. The van der Waals surface area contributed by atoms with E-state index in [-0.39, 0.29) is 0 Å². The van der Waals surface area contributed by atoms with Gasteiger partial charge >= 0.3 is 0 Å². The Labute approximate surface area is 89.1 Å². The van der Waals surface area contributed by atoms with Crippen LogP contribution >= 0.6 is 0 Å².